The van der Waals surface area contributed by atoms with Crippen LogP contribution in [0.4, 0.5) is 0 Å². The highest BCUT2D eigenvalue weighted by Crippen LogP contribution is 2.23. The maximum Gasteiger partial charge on any atom is 0.191 e. The SMILES string of the molecule is CN=C(NCC(c1ccccc1)C(C)C)NC(C)(C)C. The van der Waals surface area contributed by atoms with Crippen LogP contribution in [-0.2, 0) is 0 Å². The van der Waals surface area contributed by atoms with Crippen molar-refractivity contribution in [3.8, 4) is 0 Å². The Morgan fingerprint density at radius 3 is 2.20 bits per heavy atom. The van der Waals surface area contributed by atoms with Crippen LogP contribution in [-0.4, -0.2) is 25.1 Å². The Bertz CT molecular complexity index is 416. The lowest BCUT2D eigenvalue weighted by Crippen LogP contribution is -2.48. The van der Waals surface area contributed by atoms with Crippen molar-refractivity contribution >= 4 is 5.96 Å². The molecule has 0 fully saturated rings. The minimum atomic E-state index is 0.0158. The maximum absolute atomic E-state index is 4.29. The van der Waals surface area contributed by atoms with E-state index in [2.05, 4.69) is 80.6 Å². The van der Waals surface area contributed by atoms with Crippen molar-refractivity contribution in [3.63, 3.8) is 0 Å². The number of rotatable bonds is 4. The van der Waals surface area contributed by atoms with Crippen LogP contribution in [0.5, 0.6) is 0 Å². The second kappa shape index (κ2) is 7.32. The highest BCUT2D eigenvalue weighted by molar-refractivity contribution is 5.80. The van der Waals surface area contributed by atoms with Gasteiger partial charge in [0.15, 0.2) is 5.96 Å². The quantitative estimate of drug-likeness (QED) is 0.653. The Hall–Kier alpha value is -1.51. The van der Waals surface area contributed by atoms with Crippen LogP contribution in [0.3, 0.4) is 0 Å². The van der Waals surface area contributed by atoms with Gasteiger partial charge < -0.3 is 10.6 Å². The predicted molar refractivity (Wildman–Crippen MR) is 88.3 cm³/mol. The van der Waals surface area contributed by atoms with E-state index in [-0.39, 0.29) is 5.54 Å². The predicted octanol–water partition coefficient (Wildman–Crippen LogP) is 3.39. The molecule has 0 aliphatic carbocycles. The standard InChI is InChI=1S/C17H29N3/c1-13(2)15(14-10-8-7-9-11-14)12-19-16(18-6)20-17(3,4)5/h7-11,13,15H,12H2,1-6H3,(H2,18,19,20). The van der Waals surface area contributed by atoms with Crippen molar-refractivity contribution in [3.05, 3.63) is 35.9 Å². The van der Waals surface area contributed by atoms with Crippen LogP contribution in [0.15, 0.2) is 35.3 Å². The second-order valence-corrected chi connectivity index (χ2v) is 6.59. The average Bonchev–Trinajstić information content (AvgIpc) is 2.37. The van der Waals surface area contributed by atoms with E-state index in [0.29, 0.717) is 11.8 Å². The molecule has 0 aliphatic heterocycles. The molecule has 1 rings (SSSR count). The van der Waals surface area contributed by atoms with Crippen LogP contribution in [0.2, 0.25) is 0 Å². The average molecular weight is 275 g/mol. The largest absolute Gasteiger partial charge is 0.356 e. The fourth-order valence-electron chi connectivity index (χ4n) is 2.18. The van der Waals surface area contributed by atoms with Gasteiger partial charge in [-0.3, -0.25) is 4.99 Å². The van der Waals surface area contributed by atoms with Gasteiger partial charge in [-0.05, 0) is 32.3 Å². The van der Waals surface area contributed by atoms with Crippen molar-refractivity contribution in [2.24, 2.45) is 10.9 Å². The zero-order valence-corrected chi connectivity index (χ0v) is 13.7. The Balaban J connectivity index is 2.69. The van der Waals surface area contributed by atoms with Gasteiger partial charge in [0.1, 0.15) is 0 Å². The van der Waals surface area contributed by atoms with E-state index in [4.69, 9.17) is 0 Å². The molecule has 0 saturated carbocycles. The third kappa shape index (κ3) is 5.64. The van der Waals surface area contributed by atoms with Gasteiger partial charge in [0.2, 0.25) is 0 Å². The number of nitrogens with one attached hydrogen (secondary N) is 2. The Morgan fingerprint density at radius 2 is 1.75 bits per heavy atom. The Labute approximate surface area is 123 Å². The van der Waals surface area contributed by atoms with Gasteiger partial charge in [0, 0.05) is 25.0 Å². The van der Waals surface area contributed by atoms with Crippen LogP contribution < -0.4 is 10.6 Å². The lowest BCUT2D eigenvalue weighted by atomic mass is 9.88. The van der Waals surface area contributed by atoms with E-state index in [1.807, 2.05) is 7.05 Å². The maximum atomic E-state index is 4.29. The monoisotopic (exact) mass is 275 g/mol. The lowest BCUT2D eigenvalue weighted by molar-refractivity contribution is 0.471. The molecule has 1 aromatic carbocycles. The van der Waals surface area contributed by atoms with E-state index >= 15 is 0 Å². The molecule has 0 aliphatic rings. The third-order valence-electron chi connectivity index (χ3n) is 3.24. The van der Waals surface area contributed by atoms with Gasteiger partial charge in [0.05, 0.1) is 0 Å². The molecular weight excluding hydrogens is 246 g/mol. The molecule has 1 aromatic rings. The van der Waals surface area contributed by atoms with Gasteiger partial charge in [-0.25, -0.2) is 0 Å². The van der Waals surface area contributed by atoms with Crippen molar-refractivity contribution < 1.29 is 0 Å². The molecule has 3 nitrogen and oxygen atoms in total. The number of nitrogens with zero attached hydrogens (tertiary/aromatic N) is 1. The fourth-order valence-corrected chi connectivity index (χ4v) is 2.18. The summed E-state index contributed by atoms with van der Waals surface area (Å²) in [6.45, 7) is 11.8. The van der Waals surface area contributed by atoms with Crippen LogP contribution in [0.1, 0.15) is 46.1 Å². The molecule has 0 heterocycles. The lowest BCUT2D eigenvalue weighted by Gasteiger charge is -2.27. The summed E-state index contributed by atoms with van der Waals surface area (Å²) in [5, 5.41) is 6.84. The fraction of sp³-hybridized carbons (Fsp3) is 0.588. The summed E-state index contributed by atoms with van der Waals surface area (Å²) in [5.74, 6) is 1.92. The summed E-state index contributed by atoms with van der Waals surface area (Å²) < 4.78 is 0. The summed E-state index contributed by atoms with van der Waals surface area (Å²) in [7, 11) is 1.81. The Kier molecular flexibility index (Phi) is 6.05. The Morgan fingerprint density at radius 1 is 1.15 bits per heavy atom. The van der Waals surface area contributed by atoms with Gasteiger partial charge in [0.25, 0.3) is 0 Å². The minimum absolute atomic E-state index is 0.0158. The van der Waals surface area contributed by atoms with Gasteiger partial charge in [-0.2, -0.15) is 0 Å². The second-order valence-electron chi connectivity index (χ2n) is 6.59. The molecule has 0 spiro atoms. The number of aliphatic imine (C=N–C) groups is 1. The number of hydrogen-bond acceptors (Lipinski definition) is 1. The van der Waals surface area contributed by atoms with E-state index < -0.39 is 0 Å². The first-order valence-corrected chi connectivity index (χ1v) is 7.37. The first-order valence-electron chi connectivity index (χ1n) is 7.37. The number of guanidine groups is 1. The molecule has 0 bridgehead atoms. The highest BCUT2D eigenvalue weighted by Gasteiger charge is 2.17. The van der Waals surface area contributed by atoms with E-state index in [1.165, 1.54) is 5.56 Å². The highest BCUT2D eigenvalue weighted by atomic mass is 15.2. The van der Waals surface area contributed by atoms with Crippen molar-refractivity contribution in [1.29, 1.82) is 0 Å². The van der Waals surface area contributed by atoms with Crippen LogP contribution >= 0.6 is 0 Å². The minimum Gasteiger partial charge on any atom is -0.356 e. The molecule has 0 amide bonds. The van der Waals surface area contributed by atoms with E-state index in [9.17, 15) is 0 Å². The molecule has 2 N–H and O–H groups in total. The van der Waals surface area contributed by atoms with Gasteiger partial charge in [-0.1, -0.05) is 44.2 Å². The van der Waals surface area contributed by atoms with Crippen LogP contribution in [0, 0.1) is 5.92 Å². The van der Waals surface area contributed by atoms with Gasteiger partial charge in [-0.15, -0.1) is 0 Å². The topological polar surface area (TPSA) is 36.4 Å². The summed E-state index contributed by atoms with van der Waals surface area (Å²) in [4.78, 5) is 4.29. The van der Waals surface area contributed by atoms with Crippen molar-refractivity contribution in [2.45, 2.75) is 46.1 Å². The first kappa shape index (κ1) is 16.5. The van der Waals surface area contributed by atoms with Gasteiger partial charge >= 0.3 is 0 Å². The first-order chi connectivity index (χ1) is 9.33. The van der Waals surface area contributed by atoms with E-state index in [1.54, 1.807) is 0 Å². The van der Waals surface area contributed by atoms with Crippen molar-refractivity contribution in [1.82, 2.24) is 10.6 Å². The summed E-state index contributed by atoms with van der Waals surface area (Å²) >= 11 is 0. The normalized spacial score (nSPS) is 14.2. The van der Waals surface area contributed by atoms with E-state index in [0.717, 1.165) is 12.5 Å². The van der Waals surface area contributed by atoms with Crippen molar-refractivity contribution in [2.75, 3.05) is 13.6 Å². The smallest absolute Gasteiger partial charge is 0.191 e. The molecule has 3 heteroatoms. The van der Waals surface area contributed by atoms with Crippen LogP contribution in [0.25, 0.3) is 0 Å². The number of hydrogen-bond donors (Lipinski definition) is 2. The molecule has 0 radical (unpaired) electrons. The summed E-state index contributed by atoms with van der Waals surface area (Å²) in [6.07, 6.45) is 0. The molecule has 0 aromatic heterocycles. The molecule has 112 valence electrons. The molecule has 1 unspecified atom stereocenters. The third-order valence-corrected chi connectivity index (χ3v) is 3.24. The number of benzene rings is 1. The zero-order chi connectivity index (χ0) is 15.2. The zero-order valence-electron chi connectivity index (χ0n) is 13.7. The summed E-state index contributed by atoms with van der Waals surface area (Å²) in [6, 6.07) is 10.7. The molecular formula is C17H29N3. The molecule has 1 atom stereocenters. The molecule has 0 saturated heterocycles. The summed E-state index contributed by atoms with van der Waals surface area (Å²) in [5.41, 5.74) is 1.39. The molecule has 20 heavy (non-hydrogen) atoms.